The van der Waals surface area contributed by atoms with E-state index in [1.165, 1.54) is 36.8 Å². The number of allylic oxidation sites excluding steroid dienone is 1. The van der Waals surface area contributed by atoms with Crippen molar-refractivity contribution < 1.29 is 9.84 Å². The smallest absolute Gasteiger partial charge is 0.127 e. The van der Waals surface area contributed by atoms with E-state index in [1.54, 1.807) is 0 Å². The van der Waals surface area contributed by atoms with Crippen LogP contribution in [-0.2, 0) is 5.41 Å². The molecule has 1 aromatic carbocycles. The van der Waals surface area contributed by atoms with Crippen molar-refractivity contribution in [2.75, 3.05) is 32.7 Å². The molecule has 2 N–H and O–H groups in total. The Kier molecular flexibility index (Phi) is 7.45. The first-order chi connectivity index (χ1) is 15.7. The lowest BCUT2D eigenvalue weighted by Crippen LogP contribution is -2.47. The molecule has 0 aromatic heterocycles. The van der Waals surface area contributed by atoms with E-state index in [1.807, 2.05) is 6.07 Å². The molecule has 184 valence electrons. The van der Waals surface area contributed by atoms with Crippen molar-refractivity contribution in [3.8, 4) is 11.5 Å². The fourth-order valence-corrected chi connectivity index (χ4v) is 6.28. The molecule has 1 aromatic rings. The van der Waals surface area contributed by atoms with E-state index in [-0.39, 0.29) is 11.0 Å². The minimum absolute atomic E-state index is 0.0323. The number of phenolic OH excluding ortho intramolecular Hbond substituents is 1. The third-order valence-corrected chi connectivity index (χ3v) is 8.46. The summed E-state index contributed by atoms with van der Waals surface area (Å²) in [4.78, 5) is 2.57. The van der Waals surface area contributed by atoms with Crippen LogP contribution in [0, 0.1) is 5.92 Å². The molecule has 0 bridgehead atoms. The van der Waals surface area contributed by atoms with E-state index in [0.717, 1.165) is 63.3 Å². The normalized spacial score (nSPS) is 25.1. The highest BCUT2D eigenvalue weighted by molar-refractivity contribution is 5.54. The van der Waals surface area contributed by atoms with Crippen LogP contribution in [0.3, 0.4) is 0 Å². The van der Waals surface area contributed by atoms with Crippen LogP contribution in [0.1, 0.15) is 96.6 Å². The molecule has 33 heavy (non-hydrogen) atoms. The predicted octanol–water partition coefficient (Wildman–Crippen LogP) is 6.14. The highest BCUT2D eigenvalue weighted by atomic mass is 16.5. The maximum Gasteiger partial charge on any atom is 0.127 e. The minimum atomic E-state index is -0.231. The van der Waals surface area contributed by atoms with Crippen molar-refractivity contribution >= 4 is 0 Å². The molecular formula is C29H46N2O2. The molecule has 0 radical (unpaired) electrons. The van der Waals surface area contributed by atoms with Gasteiger partial charge in [0.05, 0.1) is 0 Å². The zero-order chi connectivity index (χ0) is 23.6. The first-order valence-corrected chi connectivity index (χ1v) is 13.4. The molecule has 3 aliphatic rings. The topological polar surface area (TPSA) is 44.7 Å². The van der Waals surface area contributed by atoms with E-state index in [0.29, 0.717) is 17.6 Å². The second kappa shape index (κ2) is 10.00. The lowest BCUT2D eigenvalue weighted by atomic mass is 9.66. The summed E-state index contributed by atoms with van der Waals surface area (Å²) < 4.78 is 6.63. The van der Waals surface area contributed by atoms with Gasteiger partial charge in [-0.15, -0.1) is 0 Å². The zero-order valence-electron chi connectivity index (χ0n) is 21.7. The van der Waals surface area contributed by atoms with Gasteiger partial charge < -0.3 is 15.2 Å². The molecule has 4 heteroatoms. The number of hydrogen-bond acceptors (Lipinski definition) is 4. The van der Waals surface area contributed by atoms with Gasteiger partial charge in [-0.05, 0) is 56.2 Å². The highest BCUT2D eigenvalue weighted by Crippen LogP contribution is 2.55. The monoisotopic (exact) mass is 454 g/mol. The van der Waals surface area contributed by atoms with Crippen molar-refractivity contribution in [2.24, 2.45) is 5.92 Å². The molecular weight excluding hydrogens is 408 g/mol. The molecule has 2 heterocycles. The quantitative estimate of drug-likeness (QED) is 0.366. The third kappa shape index (κ3) is 5.43. The number of unbranched alkanes of at least 4 members (excludes halogenated alkanes) is 3. The first-order valence-electron chi connectivity index (χ1n) is 13.4. The Hall–Kier alpha value is -1.52. The van der Waals surface area contributed by atoms with Gasteiger partial charge in [-0.3, -0.25) is 4.90 Å². The van der Waals surface area contributed by atoms with Crippen LogP contribution in [0.25, 0.3) is 0 Å². The number of nitrogens with one attached hydrogen (secondary N) is 1. The fourth-order valence-electron chi connectivity index (χ4n) is 6.28. The van der Waals surface area contributed by atoms with Gasteiger partial charge in [0, 0.05) is 50.1 Å². The minimum Gasteiger partial charge on any atom is -0.508 e. The SMILES string of the molecule is CCCCCCC(C)(C)c1cc(O)c2c(c1)OC(C)(C)[C@H]1CC=C(CN3CCNCC3)CC21. The van der Waals surface area contributed by atoms with Gasteiger partial charge in [-0.25, -0.2) is 0 Å². The maximum absolute atomic E-state index is 11.3. The van der Waals surface area contributed by atoms with E-state index in [4.69, 9.17) is 4.74 Å². The van der Waals surface area contributed by atoms with E-state index in [2.05, 4.69) is 57.0 Å². The number of benzene rings is 1. The van der Waals surface area contributed by atoms with Crippen molar-refractivity contribution in [3.05, 3.63) is 34.9 Å². The van der Waals surface area contributed by atoms with Crippen LogP contribution in [0.5, 0.6) is 11.5 Å². The lowest BCUT2D eigenvalue weighted by molar-refractivity contribution is 0.00683. The molecule has 1 fully saturated rings. The molecule has 0 amide bonds. The number of fused-ring (bicyclic) bond motifs is 3. The largest absolute Gasteiger partial charge is 0.508 e. The van der Waals surface area contributed by atoms with Gasteiger partial charge in [-0.1, -0.05) is 58.1 Å². The predicted molar refractivity (Wildman–Crippen MR) is 137 cm³/mol. The number of ether oxygens (including phenoxy) is 1. The van der Waals surface area contributed by atoms with Gasteiger partial charge in [0.25, 0.3) is 0 Å². The third-order valence-electron chi connectivity index (χ3n) is 8.46. The van der Waals surface area contributed by atoms with Crippen molar-refractivity contribution in [1.82, 2.24) is 10.2 Å². The van der Waals surface area contributed by atoms with Crippen molar-refractivity contribution in [1.29, 1.82) is 0 Å². The molecule has 1 aliphatic carbocycles. The van der Waals surface area contributed by atoms with Crippen LogP contribution < -0.4 is 10.1 Å². The average Bonchev–Trinajstić information content (AvgIpc) is 2.76. The summed E-state index contributed by atoms with van der Waals surface area (Å²) in [7, 11) is 0. The van der Waals surface area contributed by atoms with Crippen molar-refractivity contribution in [2.45, 2.75) is 96.5 Å². The summed E-state index contributed by atoms with van der Waals surface area (Å²) >= 11 is 0. The Bertz CT molecular complexity index is 851. The van der Waals surface area contributed by atoms with Gasteiger partial charge in [0.15, 0.2) is 0 Å². The Morgan fingerprint density at radius 1 is 1.15 bits per heavy atom. The lowest BCUT2D eigenvalue weighted by Gasteiger charge is -2.48. The van der Waals surface area contributed by atoms with E-state index >= 15 is 0 Å². The number of nitrogens with zero attached hydrogens (tertiary/aromatic N) is 1. The van der Waals surface area contributed by atoms with E-state index in [9.17, 15) is 5.11 Å². The molecule has 4 rings (SSSR count). The summed E-state index contributed by atoms with van der Waals surface area (Å²) in [5.41, 5.74) is 3.59. The average molecular weight is 455 g/mol. The summed E-state index contributed by atoms with van der Waals surface area (Å²) in [6, 6.07) is 4.30. The maximum atomic E-state index is 11.3. The molecule has 2 aliphatic heterocycles. The van der Waals surface area contributed by atoms with Gasteiger partial charge >= 0.3 is 0 Å². The van der Waals surface area contributed by atoms with Gasteiger partial charge in [0.2, 0.25) is 0 Å². The van der Waals surface area contributed by atoms with Crippen molar-refractivity contribution in [3.63, 3.8) is 0 Å². The summed E-state index contributed by atoms with van der Waals surface area (Å²) in [6.45, 7) is 16.8. The number of aromatic hydroxyl groups is 1. The molecule has 0 saturated carbocycles. The Morgan fingerprint density at radius 3 is 2.64 bits per heavy atom. The molecule has 4 nitrogen and oxygen atoms in total. The van der Waals surface area contributed by atoms with Gasteiger partial charge in [0.1, 0.15) is 17.1 Å². The standard InChI is InChI=1S/C29H46N2O2/c1-6-7-8-9-12-28(2,3)22-18-25(32)27-23-17-21(20-31-15-13-30-14-16-31)10-11-24(23)29(4,5)33-26(27)19-22/h10,18-19,23-24,30,32H,6-9,11-17,20H2,1-5H3/t23?,24-/m0/s1. The fraction of sp³-hybridized carbons (Fsp3) is 0.724. The second-order valence-corrected chi connectivity index (χ2v) is 11.8. The Morgan fingerprint density at radius 2 is 1.91 bits per heavy atom. The van der Waals surface area contributed by atoms with Crippen LogP contribution in [-0.4, -0.2) is 48.3 Å². The number of phenols is 1. The van der Waals surface area contributed by atoms with Crippen LogP contribution in [0.4, 0.5) is 0 Å². The second-order valence-electron chi connectivity index (χ2n) is 11.8. The number of piperazine rings is 1. The zero-order valence-corrected chi connectivity index (χ0v) is 21.7. The van der Waals surface area contributed by atoms with Crippen LogP contribution >= 0.6 is 0 Å². The number of rotatable bonds is 8. The van der Waals surface area contributed by atoms with E-state index < -0.39 is 0 Å². The van der Waals surface area contributed by atoms with Gasteiger partial charge in [-0.2, -0.15) is 0 Å². The Balaban J connectivity index is 1.57. The summed E-state index contributed by atoms with van der Waals surface area (Å²) in [5, 5.41) is 14.8. The Labute approximate surface area is 201 Å². The first kappa shape index (κ1) is 24.6. The molecule has 1 saturated heterocycles. The summed E-state index contributed by atoms with van der Waals surface area (Å²) in [5.74, 6) is 2.09. The molecule has 0 spiro atoms. The van der Waals surface area contributed by atoms with Crippen LogP contribution in [0.15, 0.2) is 23.8 Å². The highest BCUT2D eigenvalue weighted by Gasteiger charge is 2.46. The summed E-state index contributed by atoms with van der Waals surface area (Å²) in [6.07, 6.45) is 10.7. The number of hydrogen-bond donors (Lipinski definition) is 2. The molecule has 1 unspecified atom stereocenters. The molecule has 2 atom stereocenters. The van der Waals surface area contributed by atoms with Crippen LogP contribution in [0.2, 0.25) is 0 Å².